The normalized spacial score (nSPS) is 15.1. The minimum atomic E-state index is -4.71. The van der Waals surface area contributed by atoms with Gasteiger partial charge in [0, 0.05) is 17.7 Å². The molecule has 2 aromatic carbocycles. The molecule has 8 heteroatoms. The minimum absolute atomic E-state index is 0.273. The number of alkyl halides is 3. The lowest BCUT2D eigenvalue weighted by Gasteiger charge is -2.14. The number of H-pyrrole nitrogens is 1. The fourth-order valence-electron chi connectivity index (χ4n) is 3.34. The van der Waals surface area contributed by atoms with Gasteiger partial charge in [0.2, 0.25) is 0 Å². The Labute approximate surface area is 160 Å². The molecule has 1 aliphatic rings. The summed E-state index contributed by atoms with van der Waals surface area (Å²) in [5, 5.41) is 7.10. The van der Waals surface area contributed by atoms with E-state index in [1.165, 1.54) is 42.7 Å². The molecule has 0 saturated carbocycles. The van der Waals surface area contributed by atoms with E-state index >= 15 is 0 Å². The van der Waals surface area contributed by atoms with Crippen LogP contribution in [0.2, 0.25) is 0 Å². The molecular weight excluding hydrogens is 369 g/mol. The highest BCUT2D eigenvalue weighted by Crippen LogP contribution is 2.26. The van der Waals surface area contributed by atoms with E-state index in [2.05, 4.69) is 37.0 Å². The van der Waals surface area contributed by atoms with E-state index < -0.39 is 6.36 Å². The summed E-state index contributed by atoms with van der Waals surface area (Å²) in [4.78, 5) is 6.91. The van der Waals surface area contributed by atoms with Gasteiger partial charge in [0.05, 0.1) is 0 Å². The molecule has 1 fully saturated rings. The van der Waals surface area contributed by atoms with E-state index in [4.69, 9.17) is 0 Å². The van der Waals surface area contributed by atoms with Crippen LogP contribution in [0.4, 0.5) is 13.2 Å². The van der Waals surface area contributed by atoms with Crippen molar-refractivity contribution < 1.29 is 17.9 Å². The predicted octanol–water partition coefficient (Wildman–Crippen LogP) is 4.63. The number of nitrogens with zero attached hydrogens (tertiary/aromatic N) is 3. The van der Waals surface area contributed by atoms with Crippen LogP contribution in [0.1, 0.15) is 18.4 Å². The van der Waals surface area contributed by atoms with Crippen molar-refractivity contribution in [1.82, 2.24) is 20.1 Å². The monoisotopic (exact) mass is 388 g/mol. The molecule has 0 bridgehead atoms. The number of benzene rings is 2. The van der Waals surface area contributed by atoms with Crippen LogP contribution < -0.4 is 4.74 Å². The van der Waals surface area contributed by atoms with E-state index in [1.54, 1.807) is 0 Å². The van der Waals surface area contributed by atoms with Crippen molar-refractivity contribution >= 4 is 0 Å². The Morgan fingerprint density at radius 1 is 1.00 bits per heavy atom. The summed E-state index contributed by atoms with van der Waals surface area (Å²) in [6, 6.07) is 13.6. The van der Waals surface area contributed by atoms with E-state index in [-0.39, 0.29) is 5.75 Å². The lowest BCUT2D eigenvalue weighted by Crippen LogP contribution is -2.18. The van der Waals surface area contributed by atoms with Gasteiger partial charge in [-0.15, -0.1) is 13.2 Å². The van der Waals surface area contributed by atoms with Crippen molar-refractivity contribution in [3.63, 3.8) is 0 Å². The van der Waals surface area contributed by atoms with E-state index in [0.717, 1.165) is 25.2 Å². The van der Waals surface area contributed by atoms with Crippen LogP contribution >= 0.6 is 0 Å². The molecule has 1 saturated heterocycles. The first-order valence-corrected chi connectivity index (χ1v) is 9.06. The minimum Gasteiger partial charge on any atom is -0.406 e. The number of halogens is 3. The van der Waals surface area contributed by atoms with Crippen LogP contribution in [0.15, 0.2) is 48.5 Å². The van der Waals surface area contributed by atoms with Gasteiger partial charge in [0.15, 0.2) is 11.6 Å². The maximum Gasteiger partial charge on any atom is 0.573 e. The smallest absolute Gasteiger partial charge is 0.406 e. The van der Waals surface area contributed by atoms with Gasteiger partial charge >= 0.3 is 6.36 Å². The van der Waals surface area contributed by atoms with Crippen molar-refractivity contribution in [2.24, 2.45) is 0 Å². The molecule has 0 aliphatic carbocycles. The quantitative estimate of drug-likeness (QED) is 0.692. The summed E-state index contributed by atoms with van der Waals surface area (Å²) in [7, 11) is 0. The van der Waals surface area contributed by atoms with Gasteiger partial charge in [0.1, 0.15) is 5.75 Å². The largest absolute Gasteiger partial charge is 0.573 e. The number of aromatic nitrogens is 3. The van der Waals surface area contributed by atoms with Gasteiger partial charge in [0.25, 0.3) is 0 Å². The van der Waals surface area contributed by atoms with Crippen LogP contribution in [-0.2, 0) is 6.54 Å². The molecule has 2 heterocycles. The third-order valence-electron chi connectivity index (χ3n) is 4.64. The van der Waals surface area contributed by atoms with Gasteiger partial charge in [-0.2, -0.15) is 5.10 Å². The molecule has 3 aromatic rings. The maximum atomic E-state index is 12.3. The van der Waals surface area contributed by atoms with Crippen LogP contribution in [0.3, 0.4) is 0 Å². The third-order valence-corrected chi connectivity index (χ3v) is 4.64. The lowest BCUT2D eigenvalue weighted by molar-refractivity contribution is -0.274. The first kappa shape index (κ1) is 18.5. The highest BCUT2D eigenvalue weighted by atomic mass is 19.4. The molecule has 0 unspecified atom stereocenters. The first-order valence-electron chi connectivity index (χ1n) is 9.06. The molecule has 1 N–H and O–H groups in total. The Bertz CT molecular complexity index is 931. The molecule has 0 spiro atoms. The summed E-state index contributed by atoms with van der Waals surface area (Å²) in [5.74, 6) is 0.762. The van der Waals surface area contributed by atoms with E-state index in [1.807, 2.05) is 12.1 Å². The zero-order chi connectivity index (χ0) is 19.6. The standard InChI is InChI=1S/C20H19F3N4O/c21-20(22,23)28-17-8-6-15(7-9-17)18-24-19(26-25-18)16-5-3-4-14(12-16)13-27-10-1-2-11-27/h3-9,12H,1-2,10-11,13H2,(H,24,25,26). The van der Waals surface area contributed by atoms with Crippen molar-refractivity contribution in [3.8, 4) is 28.5 Å². The number of likely N-dealkylation sites (tertiary alicyclic amines) is 1. The molecule has 146 valence electrons. The number of hydrogen-bond acceptors (Lipinski definition) is 4. The molecule has 0 radical (unpaired) electrons. The van der Waals surface area contributed by atoms with Gasteiger partial charge < -0.3 is 4.74 Å². The SMILES string of the molecule is FC(F)(F)Oc1ccc(-c2nc(-c3cccc(CN4CCCC4)c3)n[nH]2)cc1. The third kappa shape index (κ3) is 4.51. The zero-order valence-corrected chi connectivity index (χ0v) is 15.0. The highest BCUT2D eigenvalue weighted by molar-refractivity contribution is 5.62. The first-order chi connectivity index (χ1) is 13.5. The predicted molar refractivity (Wildman–Crippen MR) is 98.4 cm³/mol. The second kappa shape index (κ2) is 7.63. The Kier molecular flexibility index (Phi) is 5.04. The van der Waals surface area contributed by atoms with Crippen molar-refractivity contribution in [2.75, 3.05) is 13.1 Å². The lowest BCUT2D eigenvalue weighted by atomic mass is 10.1. The molecule has 4 rings (SSSR count). The van der Waals surface area contributed by atoms with Crippen LogP contribution in [0, 0.1) is 0 Å². The zero-order valence-electron chi connectivity index (χ0n) is 15.0. The Hall–Kier alpha value is -2.87. The summed E-state index contributed by atoms with van der Waals surface area (Å²) in [6.45, 7) is 3.16. The number of hydrogen-bond donors (Lipinski definition) is 1. The van der Waals surface area contributed by atoms with E-state index in [0.29, 0.717) is 17.2 Å². The van der Waals surface area contributed by atoms with Crippen molar-refractivity contribution in [1.29, 1.82) is 0 Å². The van der Waals surface area contributed by atoms with Crippen molar-refractivity contribution in [3.05, 3.63) is 54.1 Å². The average Bonchev–Trinajstić information content (AvgIpc) is 3.33. The number of nitrogens with one attached hydrogen (secondary N) is 1. The summed E-state index contributed by atoms with van der Waals surface area (Å²) >= 11 is 0. The second-order valence-electron chi connectivity index (χ2n) is 6.76. The topological polar surface area (TPSA) is 54.0 Å². The highest BCUT2D eigenvalue weighted by Gasteiger charge is 2.31. The summed E-state index contributed by atoms with van der Waals surface area (Å²) < 4.78 is 40.7. The molecule has 1 aromatic heterocycles. The number of ether oxygens (including phenoxy) is 1. The molecule has 1 aliphatic heterocycles. The Morgan fingerprint density at radius 3 is 2.46 bits per heavy atom. The van der Waals surface area contributed by atoms with Gasteiger partial charge in [-0.1, -0.05) is 18.2 Å². The number of aromatic amines is 1. The van der Waals surface area contributed by atoms with Crippen LogP contribution in [0.5, 0.6) is 5.75 Å². The van der Waals surface area contributed by atoms with Gasteiger partial charge in [-0.05, 0) is 61.8 Å². The summed E-state index contributed by atoms with van der Waals surface area (Å²) in [5.41, 5.74) is 2.73. The van der Waals surface area contributed by atoms with Crippen molar-refractivity contribution in [2.45, 2.75) is 25.7 Å². The Morgan fingerprint density at radius 2 is 1.75 bits per heavy atom. The molecular formula is C20H19F3N4O. The van der Waals surface area contributed by atoms with Crippen LogP contribution in [-0.4, -0.2) is 39.5 Å². The second-order valence-corrected chi connectivity index (χ2v) is 6.76. The maximum absolute atomic E-state index is 12.3. The molecule has 0 atom stereocenters. The molecule has 5 nitrogen and oxygen atoms in total. The molecule has 0 amide bonds. The number of rotatable bonds is 5. The summed E-state index contributed by atoms with van der Waals surface area (Å²) in [6.07, 6.45) is -2.21. The Balaban J connectivity index is 1.49. The average molecular weight is 388 g/mol. The van der Waals surface area contributed by atoms with Gasteiger partial charge in [-0.3, -0.25) is 10.00 Å². The van der Waals surface area contributed by atoms with E-state index in [9.17, 15) is 13.2 Å². The molecule has 28 heavy (non-hydrogen) atoms. The fraction of sp³-hybridized carbons (Fsp3) is 0.300. The fourth-order valence-corrected chi connectivity index (χ4v) is 3.34. The van der Waals surface area contributed by atoms with Gasteiger partial charge in [-0.25, -0.2) is 4.98 Å². The van der Waals surface area contributed by atoms with Crippen LogP contribution in [0.25, 0.3) is 22.8 Å².